The van der Waals surface area contributed by atoms with Gasteiger partial charge in [-0.05, 0) is 50.8 Å². The third kappa shape index (κ3) is 6.29. The van der Waals surface area contributed by atoms with Gasteiger partial charge in [0.2, 0.25) is 23.7 Å². The van der Waals surface area contributed by atoms with Gasteiger partial charge < -0.3 is 30.4 Å². The molecule has 14 nitrogen and oxygen atoms in total. The van der Waals surface area contributed by atoms with Crippen LogP contribution in [0.1, 0.15) is 30.5 Å². The van der Waals surface area contributed by atoms with Crippen LogP contribution in [0.2, 0.25) is 0 Å². The highest BCUT2D eigenvalue weighted by Crippen LogP contribution is 2.38. The van der Waals surface area contributed by atoms with Crippen LogP contribution in [-0.4, -0.2) is 84.4 Å². The Balaban J connectivity index is 1.04. The van der Waals surface area contributed by atoms with Crippen molar-refractivity contribution in [3.05, 3.63) is 54.1 Å². The molecule has 1 saturated heterocycles. The van der Waals surface area contributed by atoms with E-state index in [4.69, 9.17) is 14.5 Å². The first-order valence-electron chi connectivity index (χ1n) is 15.4. The predicted octanol–water partition coefficient (Wildman–Crippen LogP) is 4.18. The minimum absolute atomic E-state index is 0.0578. The molecule has 0 unspecified atom stereocenters. The fraction of sp³-hybridized carbons (Fsp3) is 0.375. The van der Waals surface area contributed by atoms with Crippen molar-refractivity contribution in [3.63, 3.8) is 0 Å². The molecule has 2 fully saturated rings. The fourth-order valence-electron chi connectivity index (χ4n) is 5.66. The zero-order valence-electron chi connectivity index (χ0n) is 26.3. The maximum absolute atomic E-state index is 13.3. The molecule has 1 aliphatic carbocycles. The summed E-state index contributed by atoms with van der Waals surface area (Å²) < 4.78 is 13.6. The van der Waals surface area contributed by atoms with Gasteiger partial charge in [-0.2, -0.15) is 10.1 Å². The number of fused-ring (bicyclic) bond motifs is 1. The van der Waals surface area contributed by atoms with E-state index < -0.39 is 0 Å². The van der Waals surface area contributed by atoms with Crippen LogP contribution >= 0.6 is 0 Å². The molecule has 7 rings (SSSR count). The van der Waals surface area contributed by atoms with Crippen LogP contribution in [-0.2, 0) is 11.8 Å². The van der Waals surface area contributed by atoms with Gasteiger partial charge in [-0.3, -0.25) is 14.4 Å². The number of H-pyrrole nitrogens is 1. The molecule has 238 valence electrons. The van der Waals surface area contributed by atoms with E-state index in [1.165, 1.54) is 0 Å². The van der Waals surface area contributed by atoms with E-state index in [2.05, 4.69) is 45.9 Å². The normalized spacial score (nSPS) is 16.5. The van der Waals surface area contributed by atoms with E-state index in [0.29, 0.717) is 47.6 Å². The van der Waals surface area contributed by atoms with Crippen molar-refractivity contribution in [2.45, 2.75) is 45.3 Å². The van der Waals surface area contributed by atoms with Gasteiger partial charge in [-0.15, -0.1) is 0 Å². The standard InChI is InChI=1S/C32H37N11O3/c1-18-14-35-32(37-25-13-19(2)42(3)41-25)40-28(18)23-15-34-29-22(23)7-8-24(45-4)30(29)38-26(44)17-43-12-10-21(16-43)46-27-9-11-33-31(39-27)36-20-5-6-20/h7-9,11,13-15,20-21,34H,5-6,10,12,16-17H2,1-4H3,(H,38,44)(H,33,36,39)(H,35,37,40,41)/t21-/m0/s1. The first kappa shape index (κ1) is 29.5. The number of hydrogen-bond acceptors (Lipinski definition) is 11. The Morgan fingerprint density at radius 3 is 2.76 bits per heavy atom. The SMILES string of the molecule is COc1ccc2c(-c3nc(Nc4cc(C)n(C)n4)ncc3C)c[nH]c2c1NC(=O)CN1CC[C@H](Oc2ccnc(NC3CC3)n2)C1. The topological polar surface area (TPSA) is 160 Å². The lowest BCUT2D eigenvalue weighted by atomic mass is 10.1. The fourth-order valence-corrected chi connectivity index (χ4v) is 5.66. The zero-order chi connectivity index (χ0) is 31.8. The van der Waals surface area contributed by atoms with Crippen molar-refractivity contribution in [1.82, 2.24) is 39.6 Å². The van der Waals surface area contributed by atoms with Crippen LogP contribution in [0.3, 0.4) is 0 Å². The number of methoxy groups -OCH3 is 1. The number of amides is 1. The number of ether oxygens (including phenoxy) is 2. The second kappa shape index (κ2) is 12.3. The first-order chi connectivity index (χ1) is 22.3. The quantitative estimate of drug-likeness (QED) is 0.167. The van der Waals surface area contributed by atoms with Gasteiger partial charge in [-0.25, -0.2) is 15.0 Å². The lowest BCUT2D eigenvalue weighted by Gasteiger charge is -2.17. The van der Waals surface area contributed by atoms with Crippen LogP contribution in [0.4, 0.5) is 23.4 Å². The molecule has 5 aromatic rings. The van der Waals surface area contributed by atoms with Crippen LogP contribution in [0.15, 0.2) is 42.9 Å². The van der Waals surface area contributed by atoms with Gasteiger partial charge in [0.05, 0.1) is 24.9 Å². The van der Waals surface area contributed by atoms with E-state index in [9.17, 15) is 4.79 Å². The maximum atomic E-state index is 13.3. The van der Waals surface area contributed by atoms with Crippen LogP contribution in [0, 0.1) is 13.8 Å². The third-order valence-corrected chi connectivity index (χ3v) is 8.31. The highest BCUT2D eigenvalue weighted by Gasteiger charge is 2.27. The summed E-state index contributed by atoms with van der Waals surface area (Å²) in [5.41, 5.74) is 4.90. The Morgan fingerprint density at radius 2 is 1.98 bits per heavy atom. The third-order valence-electron chi connectivity index (χ3n) is 8.31. The van der Waals surface area contributed by atoms with Crippen molar-refractivity contribution < 1.29 is 14.3 Å². The van der Waals surface area contributed by atoms with Gasteiger partial charge in [0.1, 0.15) is 17.5 Å². The van der Waals surface area contributed by atoms with E-state index in [1.54, 1.807) is 30.3 Å². The molecule has 5 heterocycles. The summed E-state index contributed by atoms with van der Waals surface area (Å²) in [6.45, 7) is 5.54. The summed E-state index contributed by atoms with van der Waals surface area (Å²) in [5, 5.41) is 14.9. The zero-order valence-corrected chi connectivity index (χ0v) is 26.3. The molecular formula is C32H37N11O3. The van der Waals surface area contributed by atoms with Gasteiger partial charge >= 0.3 is 0 Å². The lowest BCUT2D eigenvalue weighted by molar-refractivity contribution is -0.117. The first-order valence-corrected chi connectivity index (χ1v) is 15.4. The molecule has 0 bridgehead atoms. The molecule has 0 spiro atoms. The van der Waals surface area contributed by atoms with Crippen LogP contribution in [0.25, 0.3) is 22.2 Å². The van der Waals surface area contributed by atoms with Gasteiger partial charge in [0, 0.05) is 73.5 Å². The average molecular weight is 624 g/mol. The number of aryl methyl sites for hydroxylation is 3. The molecule has 0 radical (unpaired) electrons. The van der Waals surface area contributed by atoms with Crippen molar-refractivity contribution in [2.75, 3.05) is 42.7 Å². The number of hydrogen-bond donors (Lipinski definition) is 4. The molecule has 2 aliphatic rings. The number of nitrogens with one attached hydrogen (secondary N) is 4. The summed E-state index contributed by atoms with van der Waals surface area (Å²) in [7, 11) is 3.48. The number of rotatable bonds is 11. The largest absolute Gasteiger partial charge is 0.494 e. The van der Waals surface area contributed by atoms with Crippen molar-refractivity contribution in [3.8, 4) is 22.9 Å². The molecule has 1 saturated carbocycles. The molecule has 14 heteroatoms. The van der Waals surface area contributed by atoms with E-state index in [0.717, 1.165) is 59.2 Å². The number of benzene rings is 1. The number of aromatic nitrogens is 7. The predicted molar refractivity (Wildman–Crippen MR) is 175 cm³/mol. The number of carbonyl (C=O) groups excluding carboxylic acids is 1. The Labute approximate surface area is 266 Å². The smallest absolute Gasteiger partial charge is 0.238 e. The molecule has 1 atom stereocenters. The Bertz CT molecular complexity index is 1880. The Morgan fingerprint density at radius 1 is 1.11 bits per heavy atom. The van der Waals surface area contributed by atoms with E-state index >= 15 is 0 Å². The van der Waals surface area contributed by atoms with Crippen molar-refractivity contribution >= 4 is 40.2 Å². The highest BCUT2D eigenvalue weighted by molar-refractivity contribution is 6.08. The Kier molecular flexibility index (Phi) is 7.86. The number of aromatic amines is 1. The highest BCUT2D eigenvalue weighted by atomic mass is 16.5. The minimum Gasteiger partial charge on any atom is -0.494 e. The second-order valence-corrected chi connectivity index (χ2v) is 11.9. The molecule has 46 heavy (non-hydrogen) atoms. The lowest BCUT2D eigenvalue weighted by Crippen LogP contribution is -2.33. The molecule has 1 amide bonds. The molecule has 4 aromatic heterocycles. The van der Waals surface area contributed by atoms with Crippen molar-refractivity contribution in [2.24, 2.45) is 7.05 Å². The summed E-state index contributed by atoms with van der Waals surface area (Å²) in [4.78, 5) is 36.8. The molecule has 1 aliphatic heterocycles. The summed E-state index contributed by atoms with van der Waals surface area (Å²) >= 11 is 0. The van der Waals surface area contributed by atoms with E-state index in [1.807, 2.05) is 45.3 Å². The summed E-state index contributed by atoms with van der Waals surface area (Å²) in [5.74, 6) is 2.67. The minimum atomic E-state index is -0.143. The van der Waals surface area contributed by atoms with Crippen molar-refractivity contribution in [1.29, 1.82) is 0 Å². The molecule has 1 aromatic carbocycles. The number of carbonyl (C=O) groups is 1. The second-order valence-electron chi connectivity index (χ2n) is 11.9. The van der Waals surface area contributed by atoms with Gasteiger partial charge in [-0.1, -0.05) is 0 Å². The van der Waals surface area contributed by atoms with E-state index in [-0.39, 0.29) is 18.6 Å². The maximum Gasteiger partial charge on any atom is 0.238 e. The van der Waals surface area contributed by atoms with Crippen LogP contribution in [0.5, 0.6) is 11.6 Å². The summed E-state index contributed by atoms with van der Waals surface area (Å²) in [6, 6.07) is 7.99. The summed E-state index contributed by atoms with van der Waals surface area (Å²) in [6.07, 6.45) is 8.42. The number of likely N-dealkylation sites (tertiary alicyclic amines) is 1. The Hall–Kier alpha value is -5.24. The van der Waals surface area contributed by atoms with Crippen LogP contribution < -0.4 is 25.4 Å². The van der Waals surface area contributed by atoms with Gasteiger partial charge in [0.15, 0.2) is 5.82 Å². The molecular weight excluding hydrogens is 586 g/mol. The monoisotopic (exact) mass is 623 g/mol. The average Bonchev–Trinajstić information content (AvgIpc) is 3.41. The molecule has 4 N–H and O–H groups in total. The number of anilines is 4. The van der Waals surface area contributed by atoms with Gasteiger partial charge in [0.25, 0.3) is 0 Å². The number of nitrogens with zero attached hydrogens (tertiary/aromatic N) is 7.